The minimum Gasteiger partial charge on any atom is -0.367 e. The first kappa shape index (κ1) is 10.7. The van der Waals surface area contributed by atoms with E-state index < -0.39 is 5.60 Å². The Bertz CT molecular complexity index is 189. The first-order valence-corrected chi connectivity index (χ1v) is 5.28. The van der Waals surface area contributed by atoms with Gasteiger partial charge < -0.3 is 4.74 Å². The Kier molecular flexibility index (Phi) is 3.48. The summed E-state index contributed by atoms with van der Waals surface area (Å²) in [7, 11) is 0. The van der Waals surface area contributed by atoms with Crippen LogP contribution in [0.3, 0.4) is 0 Å². The number of hydrogen-bond acceptors (Lipinski definition) is 2. The van der Waals surface area contributed by atoms with Crippen LogP contribution in [-0.2, 0) is 9.53 Å². The second-order valence-corrected chi connectivity index (χ2v) is 4.09. The van der Waals surface area contributed by atoms with Gasteiger partial charge in [0.15, 0.2) is 5.78 Å². The second-order valence-electron chi connectivity index (χ2n) is 4.09. The number of rotatable bonds is 4. The van der Waals surface area contributed by atoms with Crippen LogP contribution in [0.15, 0.2) is 0 Å². The van der Waals surface area contributed by atoms with Crippen molar-refractivity contribution >= 4 is 5.78 Å². The average Bonchev–Trinajstić information content (AvgIpc) is 2.45. The molecule has 2 atom stereocenters. The van der Waals surface area contributed by atoms with Crippen molar-refractivity contribution in [3.05, 3.63) is 0 Å². The van der Waals surface area contributed by atoms with Crippen LogP contribution in [0, 0.1) is 5.92 Å². The monoisotopic (exact) mass is 184 g/mol. The van der Waals surface area contributed by atoms with Crippen molar-refractivity contribution < 1.29 is 9.53 Å². The molecule has 1 aliphatic carbocycles. The number of ketones is 1. The van der Waals surface area contributed by atoms with Crippen molar-refractivity contribution in [1.82, 2.24) is 0 Å². The van der Waals surface area contributed by atoms with Gasteiger partial charge in [0.1, 0.15) is 5.60 Å². The molecule has 76 valence electrons. The van der Waals surface area contributed by atoms with Crippen molar-refractivity contribution in [3.8, 4) is 0 Å². The zero-order chi connectivity index (χ0) is 9.90. The summed E-state index contributed by atoms with van der Waals surface area (Å²) in [6, 6.07) is 0. The first-order valence-electron chi connectivity index (χ1n) is 5.28. The summed E-state index contributed by atoms with van der Waals surface area (Å²) in [5, 5.41) is 0. The van der Waals surface area contributed by atoms with Gasteiger partial charge >= 0.3 is 0 Å². The maximum Gasteiger partial charge on any atom is 0.161 e. The van der Waals surface area contributed by atoms with Gasteiger partial charge in [0.25, 0.3) is 0 Å². The normalized spacial score (nSPS) is 33.6. The van der Waals surface area contributed by atoms with Crippen LogP contribution in [-0.4, -0.2) is 18.0 Å². The van der Waals surface area contributed by atoms with E-state index >= 15 is 0 Å². The predicted octanol–water partition coefficient (Wildman–Crippen LogP) is 2.56. The minimum absolute atomic E-state index is 0.214. The van der Waals surface area contributed by atoms with Gasteiger partial charge in [-0.3, -0.25) is 4.79 Å². The van der Waals surface area contributed by atoms with Gasteiger partial charge in [0.05, 0.1) is 0 Å². The Balaban J connectivity index is 2.68. The molecule has 0 aromatic heterocycles. The molecule has 1 aliphatic rings. The Labute approximate surface area is 80.7 Å². The molecular formula is C11H20O2. The Morgan fingerprint density at radius 3 is 2.69 bits per heavy atom. The van der Waals surface area contributed by atoms with Crippen LogP contribution in [0.4, 0.5) is 0 Å². The molecule has 0 aromatic carbocycles. The third-order valence-electron chi connectivity index (χ3n) is 3.14. The third-order valence-corrected chi connectivity index (χ3v) is 3.14. The molecule has 0 amide bonds. The maximum atomic E-state index is 11.6. The van der Waals surface area contributed by atoms with Crippen molar-refractivity contribution in [3.63, 3.8) is 0 Å². The van der Waals surface area contributed by atoms with E-state index in [1.807, 2.05) is 0 Å². The fourth-order valence-electron chi connectivity index (χ4n) is 2.27. The summed E-state index contributed by atoms with van der Waals surface area (Å²) >= 11 is 0. The molecule has 0 saturated heterocycles. The summed E-state index contributed by atoms with van der Waals surface area (Å²) < 4.78 is 5.76. The highest BCUT2D eigenvalue weighted by Gasteiger charge is 2.45. The van der Waals surface area contributed by atoms with Crippen LogP contribution in [0.5, 0.6) is 0 Å². The van der Waals surface area contributed by atoms with E-state index in [0.29, 0.717) is 12.5 Å². The molecule has 2 heteroatoms. The highest BCUT2D eigenvalue weighted by Crippen LogP contribution is 2.39. The lowest BCUT2D eigenvalue weighted by molar-refractivity contribution is -0.147. The van der Waals surface area contributed by atoms with E-state index in [1.54, 1.807) is 6.92 Å². The molecule has 0 aliphatic heterocycles. The molecule has 1 rings (SSSR count). The molecule has 0 N–H and O–H groups in total. The molecule has 13 heavy (non-hydrogen) atoms. The lowest BCUT2D eigenvalue weighted by Crippen LogP contribution is -2.42. The van der Waals surface area contributed by atoms with Crippen LogP contribution in [0.25, 0.3) is 0 Å². The predicted molar refractivity (Wildman–Crippen MR) is 52.7 cm³/mol. The smallest absolute Gasteiger partial charge is 0.161 e. The molecule has 0 heterocycles. The van der Waals surface area contributed by atoms with Crippen LogP contribution in [0.2, 0.25) is 0 Å². The van der Waals surface area contributed by atoms with E-state index in [9.17, 15) is 4.79 Å². The van der Waals surface area contributed by atoms with E-state index in [2.05, 4.69) is 13.8 Å². The van der Waals surface area contributed by atoms with Crippen LogP contribution in [0.1, 0.15) is 46.5 Å². The zero-order valence-electron chi connectivity index (χ0n) is 8.93. The Morgan fingerprint density at radius 2 is 2.31 bits per heavy atom. The van der Waals surface area contributed by atoms with E-state index in [1.165, 1.54) is 0 Å². The fraction of sp³-hybridized carbons (Fsp3) is 0.909. The van der Waals surface area contributed by atoms with Crippen molar-refractivity contribution in [1.29, 1.82) is 0 Å². The summed E-state index contributed by atoms with van der Waals surface area (Å²) in [5.74, 6) is 0.613. The second kappa shape index (κ2) is 4.23. The highest BCUT2D eigenvalue weighted by molar-refractivity contribution is 5.85. The average molecular weight is 184 g/mol. The molecule has 0 radical (unpaired) electrons. The molecule has 1 fully saturated rings. The van der Waals surface area contributed by atoms with E-state index in [0.717, 1.165) is 25.7 Å². The largest absolute Gasteiger partial charge is 0.367 e. The number of hydrogen-bond donors (Lipinski definition) is 0. The number of ether oxygens (including phenoxy) is 1. The molecular weight excluding hydrogens is 164 g/mol. The van der Waals surface area contributed by atoms with Crippen molar-refractivity contribution in [2.45, 2.75) is 52.1 Å². The van der Waals surface area contributed by atoms with Gasteiger partial charge in [-0.1, -0.05) is 13.8 Å². The molecule has 0 aromatic rings. The van der Waals surface area contributed by atoms with Gasteiger partial charge in [-0.15, -0.1) is 0 Å². The lowest BCUT2D eigenvalue weighted by atomic mass is 9.88. The molecule has 0 spiro atoms. The molecule has 2 nitrogen and oxygen atoms in total. The van der Waals surface area contributed by atoms with Gasteiger partial charge in [0, 0.05) is 6.61 Å². The molecule has 0 bridgehead atoms. The first-order chi connectivity index (χ1) is 6.13. The maximum absolute atomic E-state index is 11.6. The van der Waals surface area contributed by atoms with Crippen LogP contribution < -0.4 is 0 Å². The third kappa shape index (κ3) is 1.93. The number of carbonyl (C=O) groups is 1. The standard InChI is InChI=1S/C11H20O2/c1-4-8-13-11(10(3)12)7-5-6-9(11)2/h9H,4-8H2,1-3H3. The summed E-state index contributed by atoms with van der Waals surface area (Å²) in [6.07, 6.45) is 4.17. The van der Waals surface area contributed by atoms with Gasteiger partial charge in [-0.25, -0.2) is 0 Å². The van der Waals surface area contributed by atoms with Gasteiger partial charge in [-0.05, 0) is 38.5 Å². The van der Waals surface area contributed by atoms with Gasteiger partial charge in [-0.2, -0.15) is 0 Å². The van der Waals surface area contributed by atoms with Crippen molar-refractivity contribution in [2.75, 3.05) is 6.61 Å². The minimum atomic E-state index is -0.435. The van der Waals surface area contributed by atoms with Crippen LogP contribution >= 0.6 is 0 Å². The molecule has 1 saturated carbocycles. The molecule has 2 unspecified atom stereocenters. The highest BCUT2D eigenvalue weighted by atomic mass is 16.5. The van der Waals surface area contributed by atoms with Gasteiger partial charge in [0.2, 0.25) is 0 Å². The summed E-state index contributed by atoms with van der Waals surface area (Å²) in [4.78, 5) is 11.6. The number of carbonyl (C=O) groups excluding carboxylic acids is 1. The summed E-state index contributed by atoms with van der Waals surface area (Å²) in [5.41, 5.74) is -0.435. The SMILES string of the molecule is CCCOC1(C(C)=O)CCCC1C. The Morgan fingerprint density at radius 1 is 1.62 bits per heavy atom. The van der Waals surface area contributed by atoms with E-state index in [-0.39, 0.29) is 5.78 Å². The zero-order valence-corrected chi connectivity index (χ0v) is 8.93. The topological polar surface area (TPSA) is 26.3 Å². The summed E-state index contributed by atoms with van der Waals surface area (Å²) in [6.45, 7) is 6.58. The fourth-order valence-corrected chi connectivity index (χ4v) is 2.27. The number of Topliss-reactive ketones (excluding diaryl/α,β-unsaturated/α-hetero) is 1. The lowest BCUT2D eigenvalue weighted by Gasteiger charge is -2.31. The van der Waals surface area contributed by atoms with Crippen molar-refractivity contribution in [2.24, 2.45) is 5.92 Å². The Hall–Kier alpha value is -0.370. The quantitative estimate of drug-likeness (QED) is 0.671. The van der Waals surface area contributed by atoms with E-state index in [4.69, 9.17) is 4.74 Å².